The molecule has 0 aliphatic carbocycles. The van der Waals surface area contributed by atoms with Gasteiger partial charge in [0.05, 0.1) is 0 Å². The third-order valence-corrected chi connectivity index (χ3v) is 2.00. The van der Waals surface area contributed by atoms with Gasteiger partial charge >= 0.3 is 5.97 Å². The minimum atomic E-state index is -0.894. The number of carboxylic acids is 1. The molecule has 0 amide bonds. The second-order valence-corrected chi connectivity index (χ2v) is 3.79. The molecule has 1 aromatic heterocycles. The monoisotopic (exact) mass is 209 g/mol. The van der Waals surface area contributed by atoms with Crippen LogP contribution in [0.15, 0.2) is 12.4 Å². The number of aryl methyl sites for hydroxylation is 1. The van der Waals surface area contributed by atoms with Crippen molar-refractivity contribution in [3.05, 3.63) is 18.0 Å². The van der Waals surface area contributed by atoms with Crippen LogP contribution in [0.3, 0.4) is 0 Å². The van der Waals surface area contributed by atoms with Crippen molar-refractivity contribution in [3.8, 4) is 0 Å². The van der Waals surface area contributed by atoms with Gasteiger partial charge in [-0.2, -0.15) is 0 Å². The third-order valence-electron chi connectivity index (χ3n) is 2.00. The number of nitrogens with one attached hydrogen (secondary N) is 1. The van der Waals surface area contributed by atoms with Gasteiger partial charge in [-0.15, -0.1) is 0 Å². The van der Waals surface area contributed by atoms with Crippen molar-refractivity contribution in [3.63, 3.8) is 0 Å². The summed E-state index contributed by atoms with van der Waals surface area (Å²) in [7, 11) is 0. The number of hydrogen-bond acceptors (Lipinski definition) is 4. The van der Waals surface area contributed by atoms with Crippen LogP contribution in [0.25, 0.3) is 0 Å². The van der Waals surface area contributed by atoms with E-state index in [0.29, 0.717) is 5.95 Å². The molecule has 0 aliphatic rings. The molecule has 0 saturated carbocycles. The van der Waals surface area contributed by atoms with Crippen molar-refractivity contribution in [1.29, 1.82) is 0 Å². The molecule has 0 bridgehead atoms. The minimum Gasteiger partial charge on any atom is -0.480 e. The Kier molecular flexibility index (Phi) is 3.60. The lowest BCUT2D eigenvalue weighted by Gasteiger charge is -2.17. The number of carboxylic acid groups (broad SMARTS) is 1. The van der Waals surface area contributed by atoms with Crippen molar-refractivity contribution >= 4 is 11.9 Å². The summed E-state index contributed by atoms with van der Waals surface area (Å²) in [6.45, 7) is 5.54. The fourth-order valence-electron chi connectivity index (χ4n) is 1.12. The largest absolute Gasteiger partial charge is 0.480 e. The van der Waals surface area contributed by atoms with Crippen LogP contribution < -0.4 is 5.32 Å². The van der Waals surface area contributed by atoms with E-state index in [9.17, 15) is 4.79 Å². The SMILES string of the molecule is Cc1cnc(N[C@@H](C(=O)O)C(C)C)nc1. The molecule has 0 spiro atoms. The van der Waals surface area contributed by atoms with Gasteiger partial charge < -0.3 is 10.4 Å². The summed E-state index contributed by atoms with van der Waals surface area (Å²) in [5.41, 5.74) is 0.942. The summed E-state index contributed by atoms with van der Waals surface area (Å²) in [4.78, 5) is 18.9. The van der Waals surface area contributed by atoms with Gasteiger partial charge in [-0.05, 0) is 18.4 Å². The van der Waals surface area contributed by atoms with Crippen molar-refractivity contribution in [1.82, 2.24) is 9.97 Å². The number of aromatic nitrogens is 2. The third kappa shape index (κ3) is 3.19. The molecule has 0 aromatic carbocycles. The molecule has 1 rings (SSSR count). The Morgan fingerprint density at radius 2 is 1.93 bits per heavy atom. The van der Waals surface area contributed by atoms with Crippen LogP contribution in [-0.4, -0.2) is 27.1 Å². The maximum absolute atomic E-state index is 10.9. The zero-order chi connectivity index (χ0) is 11.4. The van der Waals surface area contributed by atoms with Crippen molar-refractivity contribution in [2.24, 2.45) is 5.92 Å². The Morgan fingerprint density at radius 3 is 2.33 bits per heavy atom. The molecule has 0 fully saturated rings. The fraction of sp³-hybridized carbons (Fsp3) is 0.500. The molecule has 1 aromatic rings. The lowest BCUT2D eigenvalue weighted by atomic mass is 10.1. The second kappa shape index (κ2) is 4.72. The number of carbonyl (C=O) groups is 1. The summed E-state index contributed by atoms with van der Waals surface area (Å²) in [5, 5.41) is 11.7. The zero-order valence-electron chi connectivity index (χ0n) is 9.06. The first-order valence-electron chi connectivity index (χ1n) is 4.78. The van der Waals surface area contributed by atoms with Crippen LogP contribution in [0.1, 0.15) is 19.4 Å². The summed E-state index contributed by atoms with van der Waals surface area (Å²) >= 11 is 0. The smallest absolute Gasteiger partial charge is 0.326 e. The van der Waals surface area contributed by atoms with Gasteiger partial charge in [-0.25, -0.2) is 14.8 Å². The van der Waals surface area contributed by atoms with E-state index >= 15 is 0 Å². The molecule has 82 valence electrons. The first-order valence-corrected chi connectivity index (χ1v) is 4.78. The zero-order valence-corrected chi connectivity index (χ0v) is 9.06. The summed E-state index contributed by atoms with van der Waals surface area (Å²) in [6.07, 6.45) is 3.29. The molecule has 15 heavy (non-hydrogen) atoms. The number of aliphatic carboxylic acids is 1. The summed E-state index contributed by atoms with van der Waals surface area (Å²) < 4.78 is 0. The van der Waals surface area contributed by atoms with Gasteiger partial charge in [0.2, 0.25) is 5.95 Å². The van der Waals surface area contributed by atoms with Crippen LogP contribution in [0, 0.1) is 12.8 Å². The van der Waals surface area contributed by atoms with Gasteiger partial charge in [0, 0.05) is 12.4 Å². The highest BCUT2D eigenvalue weighted by atomic mass is 16.4. The number of rotatable bonds is 4. The maximum atomic E-state index is 10.9. The van der Waals surface area contributed by atoms with Gasteiger partial charge in [-0.3, -0.25) is 0 Å². The summed E-state index contributed by atoms with van der Waals surface area (Å²) in [6, 6.07) is -0.660. The normalized spacial score (nSPS) is 12.5. The quantitative estimate of drug-likeness (QED) is 0.781. The van der Waals surface area contributed by atoms with Gasteiger partial charge in [0.25, 0.3) is 0 Å². The Labute approximate surface area is 88.6 Å². The molecular weight excluding hydrogens is 194 g/mol. The first kappa shape index (κ1) is 11.4. The van der Waals surface area contributed by atoms with E-state index in [1.165, 1.54) is 0 Å². The molecule has 0 radical (unpaired) electrons. The Balaban J connectivity index is 2.74. The van der Waals surface area contributed by atoms with Gasteiger partial charge in [0.1, 0.15) is 6.04 Å². The van der Waals surface area contributed by atoms with E-state index in [2.05, 4.69) is 15.3 Å². The van der Waals surface area contributed by atoms with Crippen LogP contribution in [0.2, 0.25) is 0 Å². The molecule has 1 atom stereocenters. The van der Waals surface area contributed by atoms with Crippen LogP contribution in [0.4, 0.5) is 5.95 Å². The fourth-order valence-corrected chi connectivity index (χ4v) is 1.12. The van der Waals surface area contributed by atoms with Crippen molar-refractivity contribution in [2.75, 3.05) is 5.32 Å². The molecule has 2 N–H and O–H groups in total. The first-order chi connectivity index (χ1) is 7.00. The van der Waals surface area contributed by atoms with Crippen LogP contribution in [-0.2, 0) is 4.79 Å². The van der Waals surface area contributed by atoms with Crippen molar-refractivity contribution in [2.45, 2.75) is 26.8 Å². The molecule has 0 unspecified atom stereocenters. The van der Waals surface area contributed by atoms with Gasteiger partial charge in [-0.1, -0.05) is 13.8 Å². The maximum Gasteiger partial charge on any atom is 0.326 e. The minimum absolute atomic E-state index is 0.0209. The molecule has 5 heteroatoms. The molecule has 1 heterocycles. The van der Waals surface area contributed by atoms with Gasteiger partial charge in [0.15, 0.2) is 0 Å². The Morgan fingerprint density at radius 1 is 1.40 bits per heavy atom. The lowest BCUT2D eigenvalue weighted by Crippen LogP contribution is -2.34. The highest BCUT2D eigenvalue weighted by molar-refractivity contribution is 5.76. The highest BCUT2D eigenvalue weighted by Gasteiger charge is 2.21. The van der Waals surface area contributed by atoms with E-state index in [1.54, 1.807) is 12.4 Å². The van der Waals surface area contributed by atoms with E-state index < -0.39 is 12.0 Å². The number of nitrogens with zero attached hydrogens (tertiary/aromatic N) is 2. The topological polar surface area (TPSA) is 75.1 Å². The van der Waals surface area contributed by atoms with E-state index in [4.69, 9.17) is 5.11 Å². The van der Waals surface area contributed by atoms with E-state index in [1.807, 2.05) is 20.8 Å². The number of anilines is 1. The molecule has 0 saturated heterocycles. The predicted octanol–water partition coefficient (Wildman–Crippen LogP) is 1.31. The molecule has 0 aliphatic heterocycles. The van der Waals surface area contributed by atoms with E-state index in [0.717, 1.165) is 5.56 Å². The van der Waals surface area contributed by atoms with E-state index in [-0.39, 0.29) is 5.92 Å². The molecule has 5 nitrogen and oxygen atoms in total. The Bertz CT molecular complexity index is 335. The van der Waals surface area contributed by atoms with Crippen LogP contribution >= 0.6 is 0 Å². The van der Waals surface area contributed by atoms with Crippen LogP contribution in [0.5, 0.6) is 0 Å². The average molecular weight is 209 g/mol. The molecular formula is C10H15N3O2. The highest BCUT2D eigenvalue weighted by Crippen LogP contribution is 2.08. The standard InChI is InChI=1S/C10H15N3O2/c1-6(2)8(9(14)15)13-10-11-4-7(3)5-12-10/h4-6,8H,1-3H3,(H,14,15)(H,11,12,13)/t8-/m1/s1. The predicted molar refractivity (Wildman–Crippen MR) is 56.7 cm³/mol. The number of hydrogen-bond donors (Lipinski definition) is 2. The summed E-state index contributed by atoms with van der Waals surface area (Å²) in [5.74, 6) is -0.566. The lowest BCUT2D eigenvalue weighted by molar-refractivity contribution is -0.138. The average Bonchev–Trinajstić information content (AvgIpc) is 2.15. The van der Waals surface area contributed by atoms with Crippen molar-refractivity contribution < 1.29 is 9.90 Å². The Hall–Kier alpha value is -1.65. The second-order valence-electron chi connectivity index (χ2n) is 3.79.